The van der Waals surface area contributed by atoms with E-state index in [2.05, 4.69) is 12.1 Å². The van der Waals surface area contributed by atoms with Crippen molar-refractivity contribution in [2.45, 2.75) is 51.7 Å². The fourth-order valence-corrected chi connectivity index (χ4v) is 1.05. The molecule has 0 aliphatic carbocycles. The summed E-state index contributed by atoms with van der Waals surface area (Å²) < 4.78 is 0. The zero-order valence-corrected chi connectivity index (χ0v) is 7.29. The number of rotatable bonds is 6. The Bertz CT molecular complexity index is 104. The Kier molecular flexibility index (Phi) is 6.03. The number of aliphatic hydroxyl groups is 1. The molecule has 0 heterocycles. The largest absolute Gasteiger partial charge is 0.393 e. The van der Waals surface area contributed by atoms with Crippen molar-refractivity contribution in [3.63, 3.8) is 0 Å². The van der Waals surface area contributed by atoms with E-state index in [0.717, 1.165) is 19.3 Å². The van der Waals surface area contributed by atoms with Crippen LogP contribution in [0, 0.1) is 4.91 Å². The molecule has 3 heteroatoms. The SMILES string of the molecule is CCCCC(CC(C)O)N=O. The van der Waals surface area contributed by atoms with Gasteiger partial charge < -0.3 is 5.11 Å². The Balaban J connectivity index is 3.49. The summed E-state index contributed by atoms with van der Waals surface area (Å²) in [6, 6.07) is -0.185. The summed E-state index contributed by atoms with van der Waals surface area (Å²) >= 11 is 0. The first-order chi connectivity index (χ1) is 5.20. The lowest BCUT2D eigenvalue weighted by atomic mass is 10.1. The summed E-state index contributed by atoms with van der Waals surface area (Å²) in [4.78, 5) is 10.2. The minimum absolute atomic E-state index is 0.185. The van der Waals surface area contributed by atoms with Crippen molar-refractivity contribution in [3.05, 3.63) is 4.91 Å². The Morgan fingerprint density at radius 3 is 2.55 bits per heavy atom. The Morgan fingerprint density at radius 2 is 2.18 bits per heavy atom. The van der Waals surface area contributed by atoms with Gasteiger partial charge in [-0.2, -0.15) is 4.91 Å². The molecule has 2 atom stereocenters. The third-order valence-corrected chi connectivity index (χ3v) is 1.65. The lowest BCUT2D eigenvalue weighted by Crippen LogP contribution is -2.12. The summed E-state index contributed by atoms with van der Waals surface area (Å²) in [7, 11) is 0. The number of unbranched alkanes of at least 4 members (excludes halogenated alkanes) is 1. The van der Waals surface area contributed by atoms with Crippen LogP contribution < -0.4 is 0 Å². The molecule has 1 N–H and O–H groups in total. The number of nitroso groups, excluding NO2 is 1. The van der Waals surface area contributed by atoms with Crippen molar-refractivity contribution in [1.29, 1.82) is 0 Å². The summed E-state index contributed by atoms with van der Waals surface area (Å²) in [5.74, 6) is 0. The van der Waals surface area contributed by atoms with Gasteiger partial charge in [0.15, 0.2) is 0 Å². The molecule has 0 rings (SSSR count). The predicted octanol–water partition coefficient (Wildman–Crippen LogP) is 2.08. The van der Waals surface area contributed by atoms with Crippen molar-refractivity contribution in [1.82, 2.24) is 0 Å². The van der Waals surface area contributed by atoms with Crippen molar-refractivity contribution in [3.8, 4) is 0 Å². The fourth-order valence-electron chi connectivity index (χ4n) is 1.05. The maximum Gasteiger partial charge on any atom is 0.0944 e. The van der Waals surface area contributed by atoms with E-state index in [1.54, 1.807) is 6.92 Å². The van der Waals surface area contributed by atoms with Crippen LogP contribution in [0.2, 0.25) is 0 Å². The monoisotopic (exact) mass is 159 g/mol. The third-order valence-electron chi connectivity index (χ3n) is 1.65. The lowest BCUT2D eigenvalue weighted by Gasteiger charge is -2.09. The van der Waals surface area contributed by atoms with Crippen LogP contribution in [0.3, 0.4) is 0 Å². The second kappa shape index (κ2) is 6.28. The summed E-state index contributed by atoms with van der Waals surface area (Å²) in [6.45, 7) is 3.76. The molecular formula is C8H17NO2. The van der Waals surface area contributed by atoms with Crippen molar-refractivity contribution in [2.24, 2.45) is 5.18 Å². The van der Waals surface area contributed by atoms with Crippen molar-refractivity contribution < 1.29 is 5.11 Å². The van der Waals surface area contributed by atoms with Crippen LogP contribution in [0.25, 0.3) is 0 Å². The zero-order chi connectivity index (χ0) is 8.69. The highest BCUT2D eigenvalue weighted by Crippen LogP contribution is 2.10. The average molecular weight is 159 g/mol. The number of hydrogen-bond donors (Lipinski definition) is 1. The van der Waals surface area contributed by atoms with Gasteiger partial charge in [0.05, 0.1) is 12.1 Å². The molecule has 0 spiro atoms. The zero-order valence-electron chi connectivity index (χ0n) is 7.29. The van der Waals surface area contributed by atoms with E-state index in [9.17, 15) is 4.91 Å². The molecule has 0 aliphatic rings. The van der Waals surface area contributed by atoms with Crippen LogP contribution in [0.15, 0.2) is 5.18 Å². The lowest BCUT2D eigenvalue weighted by molar-refractivity contribution is 0.172. The highest BCUT2D eigenvalue weighted by Gasteiger charge is 2.10. The van der Waals surface area contributed by atoms with Gasteiger partial charge in [0.25, 0.3) is 0 Å². The molecule has 11 heavy (non-hydrogen) atoms. The topological polar surface area (TPSA) is 49.7 Å². The number of nitrogens with zero attached hydrogens (tertiary/aromatic N) is 1. The van der Waals surface area contributed by atoms with Crippen molar-refractivity contribution in [2.75, 3.05) is 0 Å². The first kappa shape index (κ1) is 10.6. The maximum atomic E-state index is 10.2. The van der Waals surface area contributed by atoms with Gasteiger partial charge in [0.1, 0.15) is 0 Å². The molecule has 66 valence electrons. The second-order valence-corrected chi connectivity index (χ2v) is 2.99. The van der Waals surface area contributed by atoms with Crippen molar-refractivity contribution >= 4 is 0 Å². The van der Waals surface area contributed by atoms with Crippen LogP contribution >= 0.6 is 0 Å². The first-order valence-electron chi connectivity index (χ1n) is 4.21. The number of aliphatic hydroxyl groups excluding tert-OH is 1. The Labute approximate surface area is 67.8 Å². The van der Waals surface area contributed by atoms with E-state index in [-0.39, 0.29) is 6.04 Å². The molecule has 0 amide bonds. The van der Waals surface area contributed by atoms with Gasteiger partial charge in [-0.1, -0.05) is 24.9 Å². The molecule has 0 aromatic heterocycles. The van der Waals surface area contributed by atoms with Gasteiger partial charge in [0.2, 0.25) is 0 Å². The standard InChI is InChI=1S/C8H17NO2/c1-3-4-5-8(9-11)6-7(2)10/h7-8,10H,3-6H2,1-2H3. The van der Waals surface area contributed by atoms with Gasteiger partial charge in [-0.05, 0) is 19.8 Å². The molecule has 2 unspecified atom stereocenters. The minimum atomic E-state index is -0.408. The van der Waals surface area contributed by atoms with Gasteiger partial charge >= 0.3 is 0 Å². The van der Waals surface area contributed by atoms with Gasteiger partial charge in [0, 0.05) is 0 Å². The summed E-state index contributed by atoms with van der Waals surface area (Å²) in [5, 5.41) is 11.9. The summed E-state index contributed by atoms with van der Waals surface area (Å²) in [5.41, 5.74) is 0. The van der Waals surface area contributed by atoms with Crippen LogP contribution in [0.4, 0.5) is 0 Å². The smallest absolute Gasteiger partial charge is 0.0944 e. The van der Waals surface area contributed by atoms with Crippen LogP contribution in [-0.2, 0) is 0 Å². The maximum absolute atomic E-state index is 10.2. The summed E-state index contributed by atoms with van der Waals surface area (Å²) in [6.07, 6.45) is 3.00. The fraction of sp³-hybridized carbons (Fsp3) is 1.00. The van der Waals surface area contributed by atoms with E-state index >= 15 is 0 Å². The van der Waals surface area contributed by atoms with Crippen LogP contribution in [0.5, 0.6) is 0 Å². The van der Waals surface area contributed by atoms with Gasteiger partial charge in [-0.15, -0.1) is 0 Å². The van der Waals surface area contributed by atoms with Crippen LogP contribution in [-0.4, -0.2) is 17.3 Å². The molecule has 0 saturated heterocycles. The molecule has 0 fully saturated rings. The Morgan fingerprint density at radius 1 is 1.55 bits per heavy atom. The molecule has 0 aromatic carbocycles. The molecule has 0 saturated carbocycles. The highest BCUT2D eigenvalue weighted by atomic mass is 16.3. The third kappa shape index (κ3) is 5.98. The predicted molar refractivity (Wildman–Crippen MR) is 45.4 cm³/mol. The normalized spacial score (nSPS) is 15.9. The Hall–Kier alpha value is -0.440. The minimum Gasteiger partial charge on any atom is -0.393 e. The molecule has 0 bridgehead atoms. The second-order valence-electron chi connectivity index (χ2n) is 2.99. The molecule has 0 aromatic rings. The molecule has 0 aliphatic heterocycles. The number of hydrogen-bond acceptors (Lipinski definition) is 3. The molecule has 3 nitrogen and oxygen atoms in total. The molecular weight excluding hydrogens is 142 g/mol. The van der Waals surface area contributed by atoms with Crippen LogP contribution in [0.1, 0.15) is 39.5 Å². The average Bonchev–Trinajstić information content (AvgIpc) is 1.97. The van der Waals surface area contributed by atoms with Gasteiger partial charge in [-0.25, -0.2) is 0 Å². The highest BCUT2D eigenvalue weighted by molar-refractivity contribution is 4.67. The van der Waals surface area contributed by atoms with Gasteiger partial charge in [-0.3, -0.25) is 0 Å². The van der Waals surface area contributed by atoms with E-state index < -0.39 is 6.10 Å². The first-order valence-corrected chi connectivity index (χ1v) is 4.21. The quantitative estimate of drug-likeness (QED) is 0.603. The van der Waals surface area contributed by atoms with E-state index in [0.29, 0.717) is 6.42 Å². The van der Waals surface area contributed by atoms with E-state index in [1.807, 2.05) is 0 Å². The molecule has 0 radical (unpaired) electrons. The van der Waals surface area contributed by atoms with E-state index in [1.165, 1.54) is 0 Å². The van der Waals surface area contributed by atoms with E-state index in [4.69, 9.17) is 5.11 Å².